The topological polar surface area (TPSA) is 12.4 Å². The van der Waals surface area contributed by atoms with E-state index in [1.807, 2.05) is 0 Å². The molecule has 0 aromatic heterocycles. The maximum absolute atomic E-state index is 4.94. The zero-order chi connectivity index (χ0) is 18.6. The summed E-state index contributed by atoms with van der Waals surface area (Å²) in [6.07, 6.45) is 6.00. The van der Waals surface area contributed by atoms with E-state index >= 15 is 0 Å². The first kappa shape index (κ1) is 18.0. The molecule has 0 spiro atoms. The van der Waals surface area contributed by atoms with Crippen molar-refractivity contribution in [3.63, 3.8) is 0 Å². The molecule has 0 saturated carbocycles. The third kappa shape index (κ3) is 3.83. The monoisotopic (exact) mass is 355 g/mol. The number of fused-ring (bicyclic) bond motifs is 1. The summed E-state index contributed by atoms with van der Waals surface area (Å²) in [5, 5.41) is 2.72. The fraction of sp³-hybridized carbons (Fsp3) is 0.346. The fourth-order valence-electron chi connectivity index (χ4n) is 4.43. The minimum absolute atomic E-state index is 0.474. The molecule has 0 radical (unpaired) electrons. The van der Waals surface area contributed by atoms with Crippen LogP contribution >= 0.6 is 0 Å². The van der Waals surface area contributed by atoms with Gasteiger partial charge in [-0.25, -0.2) is 0 Å². The van der Waals surface area contributed by atoms with E-state index < -0.39 is 0 Å². The summed E-state index contributed by atoms with van der Waals surface area (Å²) < 4.78 is 0. The number of aliphatic imine (C=N–C) groups is 1. The number of aryl methyl sites for hydroxylation is 1. The Bertz CT molecular complexity index is 962. The van der Waals surface area contributed by atoms with Gasteiger partial charge in [-0.15, -0.1) is 0 Å². The molecule has 1 heteroatoms. The second-order valence-corrected chi connectivity index (χ2v) is 7.91. The van der Waals surface area contributed by atoms with Crippen molar-refractivity contribution >= 4 is 16.5 Å². The molecule has 0 amide bonds. The average molecular weight is 356 g/mol. The molecule has 1 atom stereocenters. The van der Waals surface area contributed by atoms with Crippen LogP contribution in [0.5, 0.6) is 0 Å². The zero-order valence-corrected chi connectivity index (χ0v) is 16.5. The van der Waals surface area contributed by atoms with E-state index in [0.717, 1.165) is 19.4 Å². The predicted molar refractivity (Wildman–Crippen MR) is 117 cm³/mol. The molecule has 4 rings (SSSR count). The van der Waals surface area contributed by atoms with E-state index in [2.05, 4.69) is 74.5 Å². The second-order valence-electron chi connectivity index (χ2n) is 7.91. The quantitative estimate of drug-likeness (QED) is 0.485. The highest BCUT2D eigenvalue weighted by atomic mass is 14.7. The lowest BCUT2D eigenvalue weighted by atomic mass is 9.85. The Balaban J connectivity index is 1.70. The molecule has 0 aliphatic carbocycles. The summed E-state index contributed by atoms with van der Waals surface area (Å²) >= 11 is 0. The minimum Gasteiger partial charge on any atom is -0.289 e. The van der Waals surface area contributed by atoms with Crippen LogP contribution in [0.3, 0.4) is 0 Å². The molecule has 0 bridgehead atoms. The Morgan fingerprint density at radius 1 is 0.889 bits per heavy atom. The van der Waals surface area contributed by atoms with Gasteiger partial charge >= 0.3 is 0 Å². The third-order valence-electron chi connectivity index (χ3n) is 5.96. The summed E-state index contributed by atoms with van der Waals surface area (Å²) in [4.78, 5) is 4.94. The van der Waals surface area contributed by atoms with E-state index in [4.69, 9.17) is 4.99 Å². The zero-order valence-electron chi connectivity index (χ0n) is 16.5. The first-order valence-electron chi connectivity index (χ1n) is 10.3. The van der Waals surface area contributed by atoms with Crippen molar-refractivity contribution in [1.29, 1.82) is 0 Å². The molecular formula is C26H29N. The van der Waals surface area contributed by atoms with Crippen LogP contribution in [0, 0.1) is 6.92 Å². The molecule has 27 heavy (non-hydrogen) atoms. The number of hydrogen-bond acceptors (Lipinski definition) is 1. The maximum Gasteiger partial charge on any atom is 0.0423 e. The molecule has 0 saturated heterocycles. The van der Waals surface area contributed by atoms with E-state index in [1.165, 1.54) is 58.0 Å². The molecule has 138 valence electrons. The number of hydrogen-bond donors (Lipinski definition) is 0. The van der Waals surface area contributed by atoms with E-state index in [0.29, 0.717) is 5.92 Å². The lowest BCUT2D eigenvalue weighted by Gasteiger charge is -2.20. The number of rotatable bonds is 4. The maximum atomic E-state index is 4.94. The van der Waals surface area contributed by atoms with E-state index in [9.17, 15) is 0 Å². The molecule has 1 aliphatic rings. The minimum atomic E-state index is 0.474. The van der Waals surface area contributed by atoms with Crippen LogP contribution in [0.1, 0.15) is 60.8 Å². The van der Waals surface area contributed by atoms with Crippen LogP contribution in [-0.2, 0) is 6.42 Å². The second kappa shape index (κ2) is 8.08. The number of nitrogens with zero attached hydrogens (tertiary/aromatic N) is 1. The van der Waals surface area contributed by atoms with Crippen molar-refractivity contribution in [2.75, 3.05) is 6.54 Å². The Hall–Kier alpha value is -2.41. The van der Waals surface area contributed by atoms with Gasteiger partial charge in [-0.3, -0.25) is 4.99 Å². The summed E-state index contributed by atoms with van der Waals surface area (Å²) in [7, 11) is 0. The summed E-state index contributed by atoms with van der Waals surface area (Å²) in [5.74, 6) is 0.474. The van der Waals surface area contributed by atoms with Gasteiger partial charge in [0.05, 0.1) is 0 Å². The summed E-state index contributed by atoms with van der Waals surface area (Å²) in [5.41, 5.74) is 7.05. The van der Waals surface area contributed by atoms with Crippen molar-refractivity contribution < 1.29 is 0 Å². The van der Waals surface area contributed by atoms with Gasteiger partial charge < -0.3 is 0 Å². The molecule has 0 fully saturated rings. The van der Waals surface area contributed by atoms with Crippen LogP contribution in [0.15, 0.2) is 65.7 Å². The fourth-order valence-corrected chi connectivity index (χ4v) is 4.43. The van der Waals surface area contributed by atoms with Crippen LogP contribution < -0.4 is 0 Å². The van der Waals surface area contributed by atoms with Crippen LogP contribution in [0.4, 0.5) is 0 Å². The van der Waals surface area contributed by atoms with Crippen molar-refractivity contribution in [2.24, 2.45) is 4.99 Å². The Labute approximate surface area is 163 Å². The van der Waals surface area contributed by atoms with Gasteiger partial charge in [0.2, 0.25) is 0 Å². The van der Waals surface area contributed by atoms with Crippen LogP contribution in [-0.4, -0.2) is 12.3 Å². The third-order valence-corrected chi connectivity index (χ3v) is 5.96. The van der Waals surface area contributed by atoms with Gasteiger partial charge in [0, 0.05) is 12.3 Å². The first-order chi connectivity index (χ1) is 13.2. The van der Waals surface area contributed by atoms with Crippen molar-refractivity contribution in [1.82, 2.24) is 0 Å². The van der Waals surface area contributed by atoms with Gasteiger partial charge in [-0.05, 0) is 71.6 Å². The highest BCUT2D eigenvalue weighted by molar-refractivity contribution is 6.02. The lowest BCUT2D eigenvalue weighted by Crippen LogP contribution is -2.10. The van der Waals surface area contributed by atoms with Gasteiger partial charge in [-0.2, -0.15) is 0 Å². The Morgan fingerprint density at radius 2 is 1.70 bits per heavy atom. The molecule has 3 aromatic carbocycles. The van der Waals surface area contributed by atoms with Crippen LogP contribution in [0.25, 0.3) is 10.8 Å². The highest BCUT2D eigenvalue weighted by Gasteiger charge is 2.17. The molecule has 1 nitrogen and oxygen atoms in total. The largest absolute Gasteiger partial charge is 0.289 e. The smallest absolute Gasteiger partial charge is 0.0423 e. The molecule has 0 N–H and O–H groups in total. The lowest BCUT2D eigenvalue weighted by molar-refractivity contribution is 0.731. The van der Waals surface area contributed by atoms with E-state index in [1.54, 1.807) is 0 Å². The van der Waals surface area contributed by atoms with E-state index in [-0.39, 0.29) is 0 Å². The molecule has 3 aromatic rings. The summed E-state index contributed by atoms with van der Waals surface area (Å²) in [6, 6.07) is 22.2. The molecular weight excluding hydrogens is 326 g/mol. The highest BCUT2D eigenvalue weighted by Crippen LogP contribution is 2.31. The first-order valence-corrected chi connectivity index (χ1v) is 10.3. The molecule has 1 aliphatic heterocycles. The van der Waals surface area contributed by atoms with Crippen LogP contribution in [0.2, 0.25) is 0 Å². The van der Waals surface area contributed by atoms with Gasteiger partial charge in [-0.1, -0.05) is 74.0 Å². The van der Waals surface area contributed by atoms with Gasteiger partial charge in [0.15, 0.2) is 0 Å². The van der Waals surface area contributed by atoms with Gasteiger partial charge in [0.1, 0.15) is 0 Å². The standard InChI is InChI=1S/C26H29N/c1-19-10-8-15-24(26-16-4-3-7-17-27-26)25(19)18-20(2)22-14-9-12-21-11-5-6-13-23(21)22/h5-6,8-15,20H,3-4,7,16-18H2,1-2H3. The SMILES string of the molecule is Cc1cccc(C2=NCCCCC2)c1CC(C)c1cccc2ccccc12. The van der Waals surface area contributed by atoms with Gasteiger partial charge in [0.25, 0.3) is 0 Å². The van der Waals surface area contributed by atoms with Crippen molar-refractivity contribution in [3.8, 4) is 0 Å². The Morgan fingerprint density at radius 3 is 2.63 bits per heavy atom. The predicted octanol–water partition coefficient (Wildman–Crippen LogP) is 6.86. The summed E-state index contributed by atoms with van der Waals surface area (Å²) in [6.45, 7) is 5.61. The average Bonchev–Trinajstić information content (AvgIpc) is 2.98. The normalized spacial score (nSPS) is 16.0. The van der Waals surface area contributed by atoms with Crippen molar-refractivity contribution in [2.45, 2.75) is 51.9 Å². The molecule has 1 heterocycles. The Kier molecular flexibility index (Phi) is 5.38. The van der Waals surface area contributed by atoms with Crippen molar-refractivity contribution in [3.05, 3.63) is 82.9 Å². The number of benzene rings is 3. The molecule has 1 unspecified atom stereocenters.